The van der Waals surface area contributed by atoms with Crippen LogP contribution in [0.2, 0.25) is 0 Å². The molecule has 6 heteroatoms. The second kappa shape index (κ2) is 4.05. The molecule has 1 aromatic carbocycles. The van der Waals surface area contributed by atoms with Gasteiger partial charge in [0, 0.05) is 10.0 Å². The van der Waals surface area contributed by atoms with Crippen molar-refractivity contribution in [1.29, 1.82) is 0 Å². The molecular weight excluding hydrogens is 270 g/mol. The summed E-state index contributed by atoms with van der Waals surface area (Å²) in [4.78, 5) is 11.9. The van der Waals surface area contributed by atoms with E-state index in [9.17, 15) is 0 Å². The van der Waals surface area contributed by atoms with Gasteiger partial charge < -0.3 is 11.5 Å². The summed E-state index contributed by atoms with van der Waals surface area (Å²) < 4.78 is 0.988. The molecule has 0 spiro atoms. The zero-order valence-electron chi connectivity index (χ0n) is 8.61. The Morgan fingerprint density at radius 1 is 1.06 bits per heavy atom. The Hall–Kier alpha value is -1.69. The van der Waals surface area contributed by atoms with E-state index in [1.54, 1.807) is 0 Å². The van der Waals surface area contributed by atoms with Crippen LogP contribution in [0, 0.1) is 6.92 Å². The van der Waals surface area contributed by atoms with Crippen LogP contribution in [0.5, 0.6) is 0 Å². The van der Waals surface area contributed by atoms with Crippen LogP contribution in [-0.4, -0.2) is 15.0 Å². The molecule has 82 valence electrons. The number of nitrogens with zero attached hydrogens (tertiary/aromatic N) is 3. The van der Waals surface area contributed by atoms with E-state index < -0.39 is 0 Å². The standard InChI is InChI=1S/C10H10BrN5/c1-5-6(3-2-4-7(5)11)8-14-9(12)16-10(13)15-8/h2-4H,1H3,(H4,12,13,14,15,16). The molecule has 0 aliphatic carbocycles. The Bertz CT molecular complexity index is 520. The molecule has 0 amide bonds. The highest BCUT2D eigenvalue weighted by molar-refractivity contribution is 9.10. The molecule has 0 atom stereocenters. The van der Waals surface area contributed by atoms with Crippen LogP contribution in [0.25, 0.3) is 11.4 Å². The van der Waals surface area contributed by atoms with E-state index >= 15 is 0 Å². The van der Waals surface area contributed by atoms with Crippen molar-refractivity contribution in [1.82, 2.24) is 15.0 Å². The molecule has 0 saturated carbocycles. The molecule has 4 N–H and O–H groups in total. The Labute approximate surface area is 101 Å². The summed E-state index contributed by atoms with van der Waals surface area (Å²) in [6.45, 7) is 1.97. The summed E-state index contributed by atoms with van der Waals surface area (Å²) in [5.41, 5.74) is 13.0. The smallest absolute Gasteiger partial charge is 0.225 e. The minimum Gasteiger partial charge on any atom is -0.368 e. The second-order valence-corrected chi connectivity index (χ2v) is 4.14. The number of rotatable bonds is 1. The number of hydrogen-bond donors (Lipinski definition) is 2. The number of nitrogens with two attached hydrogens (primary N) is 2. The van der Waals surface area contributed by atoms with Crippen LogP contribution in [-0.2, 0) is 0 Å². The average molecular weight is 280 g/mol. The molecule has 5 nitrogen and oxygen atoms in total. The summed E-state index contributed by atoms with van der Waals surface area (Å²) in [6, 6.07) is 5.77. The monoisotopic (exact) mass is 279 g/mol. The number of hydrogen-bond acceptors (Lipinski definition) is 5. The fourth-order valence-electron chi connectivity index (χ4n) is 1.38. The maximum atomic E-state index is 5.53. The van der Waals surface area contributed by atoms with Gasteiger partial charge in [0.2, 0.25) is 11.9 Å². The molecule has 0 aliphatic rings. The van der Waals surface area contributed by atoms with Crippen molar-refractivity contribution in [2.45, 2.75) is 6.92 Å². The summed E-state index contributed by atoms with van der Waals surface area (Å²) in [5.74, 6) is 0.743. The Morgan fingerprint density at radius 2 is 1.69 bits per heavy atom. The third-order valence-electron chi connectivity index (χ3n) is 2.18. The number of aromatic nitrogens is 3. The van der Waals surface area contributed by atoms with Crippen molar-refractivity contribution in [2.24, 2.45) is 0 Å². The topological polar surface area (TPSA) is 90.7 Å². The van der Waals surface area contributed by atoms with Gasteiger partial charge in [-0.05, 0) is 18.6 Å². The molecule has 0 unspecified atom stereocenters. The highest BCUT2D eigenvalue weighted by atomic mass is 79.9. The first-order chi connectivity index (χ1) is 7.58. The van der Waals surface area contributed by atoms with E-state index in [-0.39, 0.29) is 11.9 Å². The lowest BCUT2D eigenvalue weighted by Gasteiger charge is -2.06. The van der Waals surface area contributed by atoms with Crippen molar-refractivity contribution in [3.8, 4) is 11.4 Å². The van der Waals surface area contributed by atoms with E-state index in [0.717, 1.165) is 15.6 Å². The number of anilines is 2. The lowest BCUT2D eigenvalue weighted by Crippen LogP contribution is -2.04. The maximum Gasteiger partial charge on any atom is 0.225 e. The summed E-state index contributed by atoms with van der Waals surface area (Å²) in [5, 5.41) is 0. The number of halogens is 1. The zero-order valence-corrected chi connectivity index (χ0v) is 10.2. The third kappa shape index (κ3) is 1.96. The van der Waals surface area contributed by atoms with Gasteiger partial charge in [0.15, 0.2) is 5.82 Å². The van der Waals surface area contributed by atoms with Crippen LogP contribution < -0.4 is 11.5 Å². The van der Waals surface area contributed by atoms with Gasteiger partial charge in [-0.25, -0.2) is 0 Å². The van der Waals surface area contributed by atoms with E-state index in [2.05, 4.69) is 30.9 Å². The normalized spacial score (nSPS) is 10.4. The molecule has 0 fully saturated rings. The molecular formula is C10H10BrN5. The van der Waals surface area contributed by atoms with Gasteiger partial charge in [0.05, 0.1) is 0 Å². The molecule has 1 heterocycles. The number of benzene rings is 1. The second-order valence-electron chi connectivity index (χ2n) is 3.29. The van der Waals surface area contributed by atoms with E-state index in [1.165, 1.54) is 0 Å². The van der Waals surface area contributed by atoms with Crippen LogP contribution in [0.1, 0.15) is 5.56 Å². The first kappa shape index (κ1) is 10.8. The Kier molecular flexibility index (Phi) is 2.74. The van der Waals surface area contributed by atoms with E-state index in [4.69, 9.17) is 11.5 Å². The first-order valence-electron chi connectivity index (χ1n) is 4.60. The third-order valence-corrected chi connectivity index (χ3v) is 3.04. The van der Waals surface area contributed by atoms with Crippen LogP contribution in [0.4, 0.5) is 11.9 Å². The van der Waals surface area contributed by atoms with Gasteiger partial charge in [0.25, 0.3) is 0 Å². The van der Waals surface area contributed by atoms with Crippen molar-refractivity contribution in [3.05, 3.63) is 28.2 Å². The van der Waals surface area contributed by atoms with Gasteiger partial charge in [-0.1, -0.05) is 28.1 Å². The largest absolute Gasteiger partial charge is 0.368 e. The van der Waals surface area contributed by atoms with Gasteiger partial charge in [-0.3, -0.25) is 0 Å². The first-order valence-corrected chi connectivity index (χ1v) is 5.39. The zero-order chi connectivity index (χ0) is 11.7. The predicted octanol–water partition coefficient (Wildman–Crippen LogP) is 1.77. The molecule has 2 aromatic rings. The molecule has 2 rings (SSSR count). The summed E-state index contributed by atoms with van der Waals surface area (Å²) in [7, 11) is 0. The van der Waals surface area contributed by atoms with Gasteiger partial charge >= 0.3 is 0 Å². The van der Waals surface area contributed by atoms with Crippen molar-refractivity contribution < 1.29 is 0 Å². The van der Waals surface area contributed by atoms with Crippen LogP contribution in [0.3, 0.4) is 0 Å². The van der Waals surface area contributed by atoms with Crippen LogP contribution >= 0.6 is 15.9 Å². The van der Waals surface area contributed by atoms with Crippen molar-refractivity contribution in [3.63, 3.8) is 0 Å². The number of nitrogen functional groups attached to an aromatic ring is 2. The summed E-state index contributed by atoms with van der Waals surface area (Å²) in [6.07, 6.45) is 0. The lowest BCUT2D eigenvalue weighted by atomic mass is 10.1. The van der Waals surface area contributed by atoms with Gasteiger partial charge in [-0.15, -0.1) is 0 Å². The highest BCUT2D eigenvalue weighted by Crippen LogP contribution is 2.26. The van der Waals surface area contributed by atoms with Crippen molar-refractivity contribution in [2.75, 3.05) is 11.5 Å². The molecule has 0 bridgehead atoms. The van der Waals surface area contributed by atoms with E-state index in [0.29, 0.717) is 5.82 Å². The fourth-order valence-corrected chi connectivity index (χ4v) is 1.75. The van der Waals surface area contributed by atoms with Gasteiger partial charge in [-0.2, -0.15) is 15.0 Å². The molecule has 0 radical (unpaired) electrons. The Morgan fingerprint density at radius 3 is 2.31 bits per heavy atom. The Balaban J connectivity index is 2.63. The predicted molar refractivity (Wildman–Crippen MR) is 66.5 cm³/mol. The van der Waals surface area contributed by atoms with Gasteiger partial charge in [0.1, 0.15) is 0 Å². The molecule has 0 saturated heterocycles. The quantitative estimate of drug-likeness (QED) is 0.830. The average Bonchev–Trinajstić information content (AvgIpc) is 2.20. The molecule has 1 aromatic heterocycles. The van der Waals surface area contributed by atoms with Crippen LogP contribution in [0.15, 0.2) is 22.7 Å². The highest BCUT2D eigenvalue weighted by Gasteiger charge is 2.09. The fraction of sp³-hybridized carbons (Fsp3) is 0.100. The molecule has 0 aliphatic heterocycles. The minimum absolute atomic E-state index is 0.127. The minimum atomic E-state index is 0.127. The lowest BCUT2D eigenvalue weighted by molar-refractivity contribution is 1.08. The maximum absolute atomic E-state index is 5.53. The van der Waals surface area contributed by atoms with E-state index in [1.807, 2.05) is 25.1 Å². The summed E-state index contributed by atoms with van der Waals surface area (Å²) >= 11 is 3.45. The molecule has 16 heavy (non-hydrogen) atoms. The van der Waals surface area contributed by atoms with Crippen molar-refractivity contribution >= 4 is 27.8 Å². The SMILES string of the molecule is Cc1c(Br)cccc1-c1nc(N)nc(N)n1.